The Labute approximate surface area is 155 Å². The number of Topliss-reactive ketones (excluding diaryl/α,β-unsaturated/α-hetero) is 1. The molecule has 1 fully saturated rings. The van der Waals surface area contributed by atoms with Crippen molar-refractivity contribution in [1.29, 1.82) is 0 Å². The molecule has 0 unspecified atom stereocenters. The van der Waals surface area contributed by atoms with Crippen molar-refractivity contribution >= 4 is 11.7 Å². The molecule has 1 aliphatic heterocycles. The molecule has 0 saturated carbocycles. The van der Waals surface area contributed by atoms with Crippen LogP contribution in [0.1, 0.15) is 76.7 Å². The highest BCUT2D eigenvalue weighted by Crippen LogP contribution is 2.35. The van der Waals surface area contributed by atoms with E-state index >= 15 is 0 Å². The number of H-pyrrole nitrogens is 1. The lowest BCUT2D eigenvalue weighted by atomic mass is 9.87. The second-order valence-electron chi connectivity index (χ2n) is 7.31. The van der Waals surface area contributed by atoms with E-state index in [9.17, 15) is 9.59 Å². The summed E-state index contributed by atoms with van der Waals surface area (Å²) in [6, 6.07) is 10.7. The fraction of sp³-hybridized carbons (Fsp3) is 0.455. The van der Waals surface area contributed by atoms with E-state index in [2.05, 4.69) is 36.2 Å². The summed E-state index contributed by atoms with van der Waals surface area (Å²) in [4.78, 5) is 30.4. The van der Waals surface area contributed by atoms with Crippen molar-refractivity contribution in [3.63, 3.8) is 0 Å². The molecule has 1 aromatic heterocycles. The Balaban J connectivity index is 1.92. The van der Waals surface area contributed by atoms with Crippen LogP contribution < -0.4 is 0 Å². The van der Waals surface area contributed by atoms with Crippen LogP contribution >= 0.6 is 0 Å². The van der Waals surface area contributed by atoms with Gasteiger partial charge >= 0.3 is 0 Å². The van der Waals surface area contributed by atoms with Gasteiger partial charge in [-0.05, 0) is 51.2 Å². The van der Waals surface area contributed by atoms with Crippen molar-refractivity contribution in [2.75, 3.05) is 6.54 Å². The summed E-state index contributed by atoms with van der Waals surface area (Å²) in [7, 11) is 0. The maximum Gasteiger partial charge on any atom is 0.270 e. The van der Waals surface area contributed by atoms with Gasteiger partial charge in [-0.3, -0.25) is 9.59 Å². The third-order valence-electron chi connectivity index (χ3n) is 5.70. The average molecular weight is 352 g/mol. The van der Waals surface area contributed by atoms with Crippen LogP contribution in [-0.4, -0.2) is 34.2 Å². The van der Waals surface area contributed by atoms with Crippen LogP contribution in [0.2, 0.25) is 0 Å². The minimum absolute atomic E-state index is 0.00370. The molecule has 0 aliphatic carbocycles. The summed E-state index contributed by atoms with van der Waals surface area (Å²) in [6.45, 7) is 8.25. The number of amides is 1. The zero-order valence-electron chi connectivity index (χ0n) is 16.1. The maximum atomic E-state index is 13.3. The summed E-state index contributed by atoms with van der Waals surface area (Å²) < 4.78 is 0. The summed E-state index contributed by atoms with van der Waals surface area (Å²) in [5.74, 6) is 0.366. The van der Waals surface area contributed by atoms with E-state index in [0.717, 1.165) is 37.1 Å². The van der Waals surface area contributed by atoms with Gasteiger partial charge in [0, 0.05) is 29.8 Å². The summed E-state index contributed by atoms with van der Waals surface area (Å²) >= 11 is 0. The van der Waals surface area contributed by atoms with Crippen LogP contribution in [0.15, 0.2) is 30.3 Å². The molecule has 0 bridgehead atoms. The van der Waals surface area contributed by atoms with Crippen LogP contribution in [-0.2, 0) is 0 Å². The number of aromatic amines is 1. The first kappa shape index (κ1) is 18.4. The monoisotopic (exact) mass is 352 g/mol. The second kappa shape index (κ2) is 7.48. The molecule has 0 radical (unpaired) electrons. The highest BCUT2D eigenvalue weighted by molar-refractivity contribution is 6.02. The number of ketones is 1. The summed E-state index contributed by atoms with van der Waals surface area (Å²) in [5, 5.41) is 0. The fourth-order valence-corrected chi connectivity index (χ4v) is 4.53. The first-order chi connectivity index (χ1) is 12.5. The van der Waals surface area contributed by atoms with E-state index in [1.807, 2.05) is 24.8 Å². The summed E-state index contributed by atoms with van der Waals surface area (Å²) in [5.41, 5.74) is 4.08. The van der Waals surface area contributed by atoms with E-state index in [4.69, 9.17) is 0 Å². The Bertz CT molecular complexity index is 807. The van der Waals surface area contributed by atoms with Gasteiger partial charge in [-0.1, -0.05) is 37.3 Å². The lowest BCUT2D eigenvalue weighted by Gasteiger charge is -2.31. The zero-order valence-corrected chi connectivity index (χ0v) is 16.1. The number of aromatic nitrogens is 1. The Morgan fingerprint density at radius 2 is 1.92 bits per heavy atom. The third kappa shape index (κ3) is 3.20. The highest BCUT2D eigenvalue weighted by atomic mass is 16.2. The number of nitrogens with one attached hydrogen (secondary N) is 1. The van der Waals surface area contributed by atoms with Crippen LogP contribution in [0.25, 0.3) is 0 Å². The molecule has 1 amide bonds. The number of nitrogens with zero attached hydrogens (tertiary/aromatic N) is 1. The molecule has 4 heteroatoms. The minimum atomic E-state index is 0.00370. The standard InChI is InChI=1S/C22H28N2O2/c1-5-18(17-10-7-6-8-11-17)19-12-9-13-24(19)22(26)21-14(2)20(16(4)25)15(3)23-21/h6-8,10-11,18-19,23H,5,9,12-13H2,1-4H3/t18-,19+/m1/s1. The zero-order chi connectivity index (χ0) is 18.8. The van der Waals surface area contributed by atoms with E-state index in [1.165, 1.54) is 5.56 Å². The van der Waals surface area contributed by atoms with Gasteiger partial charge in [-0.25, -0.2) is 0 Å². The van der Waals surface area contributed by atoms with Crippen molar-refractivity contribution in [3.05, 3.63) is 58.4 Å². The number of likely N-dealkylation sites (tertiary alicyclic amines) is 1. The highest BCUT2D eigenvalue weighted by Gasteiger charge is 2.36. The van der Waals surface area contributed by atoms with Gasteiger partial charge in [0.25, 0.3) is 5.91 Å². The van der Waals surface area contributed by atoms with Crippen LogP contribution in [0.5, 0.6) is 0 Å². The molecule has 0 spiro atoms. The maximum absolute atomic E-state index is 13.3. The first-order valence-electron chi connectivity index (χ1n) is 9.51. The van der Waals surface area contributed by atoms with Crippen molar-refractivity contribution in [3.8, 4) is 0 Å². The van der Waals surface area contributed by atoms with E-state index < -0.39 is 0 Å². The van der Waals surface area contributed by atoms with Crippen molar-refractivity contribution < 1.29 is 9.59 Å². The van der Waals surface area contributed by atoms with Gasteiger partial charge in [0.05, 0.1) is 0 Å². The van der Waals surface area contributed by atoms with E-state index in [1.54, 1.807) is 6.92 Å². The SMILES string of the molecule is CC[C@H](c1ccccc1)[C@@H]1CCCN1C(=O)c1[nH]c(C)c(C(C)=O)c1C. The number of hydrogen-bond acceptors (Lipinski definition) is 2. The Morgan fingerprint density at radius 1 is 1.23 bits per heavy atom. The van der Waals surface area contributed by atoms with Gasteiger partial charge in [0.1, 0.15) is 5.69 Å². The molecule has 1 N–H and O–H groups in total. The quantitative estimate of drug-likeness (QED) is 0.798. The van der Waals surface area contributed by atoms with Gasteiger partial charge in [0.15, 0.2) is 5.78 Å². The Kier molecular flexibility index (Phi) is 5.30. The molecule has 138 valence electrons. The molecular weight excluding hydrogens is 324 g/mol. The van der Waals surface area contributed by atoms with Crippen molar-refractivity contribution in [1.82, 2.24) is 9.88 Å². The van der Waals surface area contributed by atoms with Crippen LogP contribution in [0.4, 0.5) is 0 Å². The lowest BCUT2D eigenvalue weighted by molar-refractivity contribution is 0.0708. The molecular formula is C22H28N2O2. The predicted molar refractivity (Wildman–Crippen MR) is 104 cm³/mol. The normalized spacial score (nSPS) is 18.2. The molecule has 3 rings (SSSR count). The summed E-state index contributed by atoms with van der Waals surface area (Å²) in [6.07, 6.45) is 3.05. The molecule has 1 saturated heterocycles. The predicted octanol–water partition coefficient (Wildman–Crippen LogP) is 4.63. The molecule has 26 heavy (non-hydrogen) atoms. The number of aryl methyl sites for hydroxylation is 1. The third-order valence-corrected chi connectivity index (χ3v) is 5.70. The van der Waals surface area contributed by atoms with Gasteiger partial charge in [-0.2, -0.15) is 0 Å². The van der Waals surface area contributed by atoms with E-state index in [0.29, 0.717) is 17.2 Å². The van der Waals surface area contributed by atoms with Gasteiger partial charge < -0.3 is 9.88 Å². The Morgan fingerprint density at radius 3 is 2.50 bits per heavy atom. The molecule has 1 aliphatic rings. The van der Waals surface area contributed by atoms with E-state index in [-0.39, 0.29) is 17.7 Å². The first-order valence-corrected chi connectivity index (χ1v) is 9.51. The number of hydrogen-bond donors (Lipinski definition) is 1. The van der Waals surface area contributed by atoms with Crippen molar-refractivity contribution in [2.24, 2.45) is 0 Å². The number of carbonyl (C=O) groups excluding carboxylic acids is 2. The van der Waals surface area contributed by atoms with Crippen LogP contribution in [0.3, 0.4) is 0 Å². The second-order valence-corrected chi connectivity index (χ2v) is 7.31. The molecule has 2 aromatic rings. The smallest absolute Gasteiger partial charge is 0.270 e. The fourth-order valence-electron chi connectivity index (χ4n) is 4.53. The molecule has 2 heterocycles. The average Bonchev–Trinajstić information content (AvgIpc) is 3.20. The number of benzene rings is 1. The van der Waals surface area contributed by atoms with Crippen molar-refractivity contribution in [2.45, 2.75) is 58.9 Å². The molecule has 1 aromatic carbocycles. The lowest BCUT2D eigenvalue weighted by Crippen LogP contribution is -2.39. The largest absolute Gasteiger partial charge is 0.354 e. The topological polar surface area (TPSA) is 53.2 Å². The molecule has 2 atom stereocenters. The minimum Gasteiger partial charge on any atom is -0.354 e. The number of rotatable bonds is 5. The van der Waals surface area contributed by atoms with Crippen LogP contribution in [0, 0.1) is 13.8 Å². The molecule has 4 nitrogen and oxygen atoms in total. The van der Waals surface area contributed by atoms with Gasteiger partial charge in [-0.15, -0.1) is 0 Å². The Hall–Kier alpha value is -2.36. The van der Waals surface area contributed by atoms with Gasteiger partial charge in [0.2, 0.25) is 0 Å². The number of carbonyl (C=O) groups is 2.